The van der Waals surface area contributed by atoms with E-state index in [1.807, 2.05) is 60.7 Å². The van der Waals surface area contributed by atoms with Crippen molar-refractivity contribution < 1.29 is 19.1 Å². The molecule has 1 fully saturated rings. The van der Waals surface area contributed by atoms with Crippen molar-refractivity contribution in [3.63, 3.8) is 0 Å². The first-order valence-corrected chi connectivity index (χ1v) is 10.1. The third kappa shape index (κ3) is 6.16. The highest BCUT2D eigenvalue weighted by Gasteiger charge is 2.38. The average molecular weight is 395 g/mol. The Bertz CT molecular complexity index is 804. The van der Waals surface area contributed by atoms with Crippen molar-refractivity contribution in [2.24, 2.45) is 5.41 Å². The summed E-state index contributed by atoms with van der Waals surface area (Å²) in [6.45, 7) is 5.51. The zero-order valence-corrected chi connectivity index (χ0v) is 17.2. The Morgan fingerprint density at radius 3 is 2.34 bits per heavy atom. The zero-order valence-electron chi connectivity index (χ0n) is 17.2. The molecule has 2 aromatic rings. The lowest BCUT2D eigenvalue weighted by Gasteiger charge is -2.26. The number of imide groups is 1. The number of cyclic esters (lactones) is 1. The quantitative estimate of drug-likeness (QED) is 0.623. The molecule has 1 heterocycles. The maximum absolute atomic E-state index is 12.8. The number of nitrogens with zero attached hydrogens (tertiary/aromatic N) is 1. The van der Waals surface area contributed by atoms with Gasteiger partial charge in [-0.05, 0) is 29.4 Å². The van der Waals surface area contributed by atoms with Gasteiger partial charge in [0.1, 0.15) is 6.61 Å². The van der Waals surface area contributed by atoms with Gasteiger partial charge in [0.2, 0.25) is 5.91 Å². The summed E-state index contributed by atoms with van der Waals surface area (Å²) in [5, 5.41) is 0. The molecule has 1 aliphatic rings. The molecule has 0 saturated carbocycles. The molecule has 5 nitrogen and oxygen atoms in total. The molecule has 0 aromatic heterocycles. The predicted octanol–water partition coefficient (Wildman–Crippen LogP) is 4.60. The average Bonchev–Trinajstić information content (AvgIpc) is 3.08. The van der Waals surface area contributed by atoms with Gasteiger partial charge in [-0.1, -0.05) is 74.5 Å². The van der Waals surface area contributed by atoms with Gasteiger partial charge in [-0.25, -0.2) is 9.69 Å². The minimum atomic E-state index is -0.533. The van der Waals surface area contributed by atoms with Crippen LogP contribution in [-0.4, -0.2) is 36.2 Å². The van der Waals surface area contributed by atoms with Crippen LogP contribution in [0.1, 0.15) is 37.8 Å². The molecule has 1 aliphatic heterocycles. The summed E-state index contributed by atoms with van der Waals surface area (Å²) < 4.78 is 11.0. The van der Waals surface area contributed by atoms with Crippen LogP contribution in [0.5, 0.6) is 0 Å². The monoisotopic (exact) mass is 395 g/mol. The van der Waals surface area contributed by atoms with Crippen LogP contribution in [-0.2, 0) is 27.3 Å². The number of hydrogen-bond donors (Lipinski definition) is 0. The fourth-order valence-corrected chi connectivity index (χ4v) is 3.46. The fourth-order valence-electron chi connectivity index (χ4n) is 3.46. The van der Waals surface area contributed by atoms with Crippen molar-refractivity contribution in [1.82, 2.24) is 4.90 Å². The van der Waals surface area contributed by atoms with E-state index in [-0.39, 0.29) is 24.0 Å². The first-order valence-electron chi connectivity index (χ1n) is 10.1. The van der Waals surface area contributed by atoms with E-state index < -0.39 is 6.09 Å². The molecule has 2 amide bonds. The molecule has 0 unspecified atom stereocenters. The number of carbonyl (C=O) groups is 2. The summed E-state index contributed by atoms with van der Waals surface area (Å²) in [6, 6.07) is 19.6. The van der Waals surface area contributed by atoms with Crippen LogP contribution in [0.2, 0.25) is 0 Å². The van der Waals surface area contributed by atoms with Gasteiger partial charge in [0, 0.05) is 6.42 Å². The number of benzene rings is 2. The molecule has 3 rings (SSSR count). The lowest BCUT2D eigenvalue weighted by molar-refractivity contribution is -0.130. The molecule has 1 saturated heterocycles. The van der Waals surface area contributed by atoms with Gasteiger partial charge in [-0.15, -0.1) is 0 Å². The molecule has 0 radical (unpaired) electrons. The van der Waals surface area contributed by atoms with E-state index >= 15 is 0 Å². The topological polar surface area (TPSA) is 55.8 Å². The molecule has 1 atom stereocenters. The Labute approximate surface area is 172 Å². The van der Waals surface area contributed by atoms with Gasteiger partial charge < -0.3 is 9.47 Å². The Kier molecular flexibility index (Phi) is 7.04. The van der Waals surface area contributed by atoms with Crippen LogP contribution in [0.15, 0.2) is 60.7 Å². The van der Waals surface area contributed by atoms with Crippen molar-refractivity contribution in [3.05, 3.63) is 71.8 Å². The number of amides is 2. The van der Waals surface area contributed by atoms with E-state index in [0.29, 0.717) is 32.5 Å². The Balaban J connectivity index is 1.49. The second kappa shape index (κ2) is 9.70. The van der Waals surface area contributed by atoms with E-state index in [1.54, 1.807) is 0 Å². The second-order valence-corrected chi connectivity index (χ2v) is 8.33. The summed E-state index contributed by atoms with van der Waals surface area (Å²) in [7, 11) is 0. The highest BCUT2D eigenvalue weighted by atomic mass is 16.6. The fraction of sp³-hybridized carbons (Fsp3) is 0.417. The molecule has 154 valence electrons. The van der Waals surface area contributed by atoms with Gasteiger partial charge >= 0.3 is 6.09 Å². The molecule has 0 aliphatic carbocycles. The smallest absolute Gasteiger partial charge is 0.416 e. The van der Waals surface area contributed by atoms with E-state index in [2.05, 4.69) is 13.8 Å². The molecule has 0 N–H and O–H groups in total. The van der Waals surface area contributed by atoms with Crippen LogP contribution >= 0.6 is 0 Å². The van der Waals surface area contributed by atoms with Gasteiger partial charge in [-0.3, -0.25) is 4.79 Å². The van der Waals surface area contributed by atoms with Crippen molar-refractivity contribution in [3.8, 4) is 0 Å². The summed E-state index contributed by atoms with van der Waals surface area (Å²) in [5.74, 6) is -0.176. The molecule has 0 bridgehead atoms. The van der Waals surface area contributed by atoms with E-state index in [0.717, 1.165) is 11.1 Å². The first kappa shape index (κ1) is 21.1. The minimum absolute atomic E-state index is 0.164. The largest absolute Gasteiger partial charge is 0.447 e. The summed E-state index contributed by atoms with van der Waals surface area (Å²) in [6.07, 6.45) is 1.01. The number of hydrogen-bond acceptors (Lipinski definition) is 4. The van der Waals surface area contributed by atoms with Crippen LogP contribution in [0, 0.1) is 5.41 Å². The predicted molar refractivity (Wildman–Crippen MR) is 111 cm³/mol. The van der Waals surface area contributed by atoms with Crippen LogP contribution in [0.4, 0.5) is 4.79 Å². The second-order valence-electron chi connectivity index (χ2n) is 8.33. The number of rotatable bonds is 9. The van der Waals surface area contributed by atoms with Crippen molar-refractivity contribution >= 4 is 12.0 Å². The summed E-state index contributed by atoms with van der Waals surface area (Å²) >= 11 is 0. The van der Waals surface area contributed by atoms with E-state index in [4.69, 9.17) is 9.47 Å². The Hall–Kier alpha value is -2.66. The van der Waals surface area contributed by atoms with Gasteiger partial charge in [0.25, 0.3) is 0 Å². The summed E-state index contributed by atoms with van der Waals surface area (Å²) in [4.78, 5) is 26.2. The van der Waals surface area contributed by atoms with Crippen molar-refractivity contribution in [1.29, 1.82) is 0 Å². The molecule has 2 aromatic carbocycles. The van der Waals surface area contributed by atoms with Crippen molar-refractivity contribution in [2.45, 2.75) is 45.8 Å². The highest BCUT2D eigenvalue weighted by molar-refractivity contribution is 5.93. The lowest BCUT2D eigenvalue weighted by atomic mass is 9.88. The van der Waals surface area contributed by atoms with Crippen LogP contribution in [0.25, 0.3) is 0 Å². The van der Waals surface area contributed by atoms with Gasteiger partial charge in [0.05, 0.1) is 19.3 Å². The lowest BCUT2D eigenvalue weighted by Crippen LogP contribution is -2.40. The molecule has 29 heavy (non-hydrogen) atoms. The van der Waals surface area contributed by atoms with Crippen LogP contribution in [0.3, 0.4) is 0 Å². The number of carbonyl (C=O) groups excluding carboxylic acids is 2. The van der Waals surface area contributed by atoms with E-state index in [9.17, 15) is 9.59 Å². The van der Waals surface area contributed by atoms with E-state index in [1.165, 1.54) is 4.90 Å². The van der Waals surface area contributed by atoms with Gasteiger partial charge in [-0.2, -0.15) is 0 Å². The number of ether oxygens (including phenoxy) is 2. The third-order valence-corrected chi connectivity index (χ3v) is 5.16. The normalized spacial score (nSPS) is 16.7. The Morgan fingerprint density at radius 1 is 1.07 bits per heavy atom. The highest BCUT2D eigenvalue weighted by Crippen LogP contribution is 2.26. The van der Waals surface area contributed by atoms with Crippen LogP contribution < -0.4 is 0 Å². The third-order valence-electron chi connectivity index (χ3n) is 5.16. The standard InChI is InChI=1S/C24H29NO4/c1-24(2,18-28-16-20-11-7-4-8-12-20)14-13-22(26)25-21(17-29-23(25)27)15-19-9-5-3-6-10-19/h3-12,21H,13-18H2,1-2H3/t21-/m1/s1. The van der Waals surface area contributed by atoms with Crippen molar-refractivity contribution in [2.75, 3.05) is 13.2 Å². The Morgan fingerprint density at radius 2 is 1.69 bits per heavy atom. The molecular weight excluding hydrogens is 366 g/mol. The first-order chi connectivity index (χ1) is 13.9. The molecular formula is C24H29NO4. The zero-order chi connectivity index (χ0) is 20.7. The maximum Gasteiger partial charge on any atom is 0.416 e. The molecule has 0 spiro atoms. The molecule has 5 heteroatoms. The minimum Gasteiger partial charge on any atom is -0.447 e. The summed E-state index contributed by atoms with van der Waals surface area (Å²) in [5.41, 5.74) is 2.05. The maximum atomic E-state index is 12.8. The SMILES string of the molecule is CC(C)(CCC(=O)N1C(=O)OC[C@H]1Cc1ccccc1)COCc1ccccc1. The van der Waals surface area contributed by atoms with Gasteiger partial charge in [0.15, 0.2) is 0 Å².